The molecule has 0 N–H and O–H groups in total. The number of aromatic nitrogens is 2. The topological polar surface area (TPSA) is 17.8 Å². The Morgan fingerprint density at radius 2 is 1.59 bits per heavy atom. The monoisotopic (exact) mass is 296 g/mol. The van der Waals surface area contributed by atoms with E-state index in [2.05, 4.69) is 4.98 Å². The molecule has 4 heteroatoms. The molecule has 0 aliphatic carbocycles. The summed E-state index contributed by atoms with van der Waals surface area (Å²) in [6, 6.07) is 12.6. The molecule has 0 fully saturated rings. The van der Waals surface area contributed by atoms with Gasteiger partial charge >= 0.3 is 0 Å². The van der Waals surface area contributed by atoms with Crippen LogP contribution in [0.4, 0.5) is 8.78 Å². The van der Waals surface area contributed by atoms with E-state index in [9.17, 15) is 8.78 Å². The van der Waals surface area contributed by atoms with Gasteiger partial charge in [0, 0.05) is 18.9 Å². The van der Waals surface area contributed by atoms with Crippen LogP contribution in [0.15, 0.2) is 67.3 Å². The highest BCUT2D eigenvalue weighted by molar-refractivity contribution is 5.81. The number of imidazole rings is 1. The molecule has 110 valence electrons. The lowest BCUT2D eigenvalue weighted by Gasteiger charge is -2.09. The molecule has 2 aromatic carbocycles. The fourth-order valence-electron chi connectivity index (χ4n) is 2.22. The first-order valence-corrected chi connectivity index (χ1v) is 6.88. The van der Waals surface area contributed by atoms with Gasteiger partial charge in [-0.25, -0.2) is 13.8 Å². The van der Waals surface area contributed by atoms with E-state index in [1.165, 1.54) is 24.3 Å². The lowest BCUT2D eigenvalue weighted by atomic mass is 10.0. The first-order chi connectivity index (χ1) is 10.7. The number of rotatable bonds is 4. The Kier molecular flexibility index (Phi) is 4.10. The third kappa shape index (κ3) is 3.47. The maximum atomic E-state index is 13.1. The number of hydrogen-bond donors (Lipinski definition) is 0. The minimum absolute atomic E-state index is 0.268. The van der Waals surface area contributed by atoms with Gasteiger partial charge in [0.1, 0.15) is 11.6 Å². The van der Waals surface area contributed by atoms with Crippen LogP contribution >= 0.6 is 0 Å². The zero-order chi connectivity index (χ0) is 15.4. The molecule has 2 nitrogen and oxygen atoms in total. The van der Waals surface area contributed by atoms with E-state index in [4.69, 9.17) is 0 Å². The van der Waals surface area contributed by atoms with Crippen molar-refractivity contribution >= 4 is 11.6 Å². The van der Waals surface area contributed by atoms with Crippen LogP contribution in [0.5, 0.6) is 0 Å². The van der Waals surface area contributed by atoms with Crippen molar-refractivity contribution in [1.82, 2.24) is 9.55 Å². The van der Waals surface area contributed by atoms with Gasteiger partial charge in [-0.05, 0) is 47.0 Å². The lowest BCUT2D eigenvalue weighted by Crippen LogP contribution is -1.98. The summed E-state index contributed by atoms with van der Waals surface area (Å²) in [6.45, 7) is 0.600. The second kappa shape index (κ2) is 6.35. The van der Waals surface area contributed by atoms with E-state index in [0.29, 0.717) is 6.54 Å². The summed E-state index contributed by atoms with van der Waals surface area (Å²) in [7, 11) is 0. The molecule has 0 saturated carbocycles. The summed E-state index contributed by atoms with van der Waals surface area (Å²) in [5, 5.41) is 0. The molecule has 3 rings (SSSR count). The first-order valence-electron chi connectivity index (χ1n) is 6.88. The van der Waals surface area contributed by atoms with Crippen molar-refractivity contribution in [3.05, 3.63) is 90.0 Å². The van der Waals surface area contributed by atoms with Crippen molar-refractivity contribution < 1.29 is 8.78 Å². The molecule has 0 amide bonds. The number of hydrogen-bond acceptors (Lipinski definition) is 1. The van der Waals surface area contributed by atoms with Crippen molar-refractivity contribution in [2.75, 3.05) is 0 Å². The molecule has 0 unspecified atom stereocenters. The summed E-state index contributed by atoms with van der Waals surface area (Å²) >= 11 is 0. The Labute approximate surface area is 127 Å². The Morgan fingerprint density at radius 1 is 0.955 bits per heavy atom. The average Bonchev–Trinajstić information content (AvgIpc) is 3.03. The van der Waals surface area contributed by atoms with Crippen LogP contribution in [-0.4, -0.2) is 9.55 Å². The second-order valence-electron chi connectivity index (χ2n) is 4.96. The van der Waals surface area contributed by atoms with E-state index < -0.39 is 0 Å². The molecular weight excluding hydrogens is 282 g/mol. The summed E-state index contributed by atoms with van der Waals surface area (Å²) in [4.78, 5) is 4.03. The molecule has 0 radical (unpaired) electrons. The minimum atomic E-state index is -0.271. The molecule has 0 bridgehead atoms. The SMILES string of the molecule is Fc1ccc(C=C(Cn2ccnc2)c2ccc(F)cc2)cc1. The van der Waals surface area contributed by atoms with E-state index in [0.717, 1.165) is 16.7 Å². The molecule has 1 heterocycles. The molecule has 1 aromatic heterocycles. The van der Waals surface area contributed by atoms with Gasteiger partial charge in [-0.1, -0.05) is 24.3 Å². The van der Waals surface area contributed by atoms with E-state index in [-0.39, 0.29) is 11.6 Å². The molecule has 0 aliphatic rings. The molecule has 3 aromatic rings. The van der Waals surface area contributed by atoms with Crippen molar-refractivity contribution in [3.63, 3.8) is 0 Å². The van der Waals surface area contributed by atoms with Crippen LogP contribution in [-0.2, 0) is 6.54 Å². The zero-order valence-electron chi connectivity index (χ0n) is 11.8. The normalized spacial score (nSPS) is 11.6. The van der Waals surface area contributed by atoms with Crippen molar-refractivity contribution in [2.24, 2.45) is 0 Å². The smallest absolute Gasteiger partial charge is 0.123 e. The van der Waals surface area contributed by atoms with Crippen LogP contribution in [0.3, 0.4) is 0 Å². The Morgan fingerprint density at radius 3 is 2.18 bits per heavy atom. The fourth-order valence-corrected chi connectivity index (χ4v) is 2.22. The Hall–Kier alpha value is -2.75. The maximum Gasteiger partial charge on any atom is 0.123 e. The highest BCUT2D eigenvalue weighted by atomic mass is 19.1. The summed E-state index contributed by atoms with van der Waals surface area (Å²) < 4.78 is 28.1. The third-order valence-electron chi connectivity index (χ3n) is 3.34. The minimum Gasteiger partial charge on any atom is -0.333 e. The lowest BCUT2D eigenvalue weighted by molar-refractivity contribution is 0.627. The van der Waals surface area contributed by atoms with Gasteiger partial charge in [-0.15, -0.1) is 0 Å². The number of benzene rings is 2. The largest absolute Gasteiger partial charge is 0.333 e. The fraction of sp³-hybridized carbons (Fsp3) is 0.0556. The van der Waals surface area contributed by atoms with E-state index >= 15 is 0 Å². The Bertz CT molecular complexity index is 758. The molecule has 0 atom stereocenters. The first kappa shape index (κ1) is 14.2. The van der Waals surface area contributed by atoms with Crippen molar-refractivity contribution in [2.45, 2.75) is 6.54 Å². The van der Waals surface area contributed by atoms with E-state index in [1.54, 1.807) is 36.8 Å². The van der Waals surface area contributed by atoms with Crippen molar-refractivity contribution in [3.8, 4) is 0 Å². The molecular formula is C18H14F2N2. The van der Waals surface area contributed by atoms with Gasteiger partial charge in [0.05, 0.1) is 6.33 Å². The van der Waals surface area contributed by atoms with Crippen molar-refractivity contribution in [1.29, 1.82) is 0 Å². The summed E-state index contributed by atoms with van der Waals surface area (Å²) in [5.74, 6) is -0.539. The molecule has 0 saturated heterocycles. The predicted molar refractivity (Wildman–Crippen MR) is 82.9 cm³/mol. The van der Waals surface area contributed by atoms with Crippen LogP contribution < -0.4 is 0 Å². The quantitative estimate of drug-likeness (QED) is 0.652. The van der Waals surface area contributed by atoms with Gasteiger partial charge in [0.2, 0.25) is 0 Å². The van der Waals surface area contributed by atoms with Crippen LogP contribution in [0.1, 0.15) is 11.1 Å². The van der Waals surface area contributed by atoms with E-state index in [1.807, 2.05) is 16.8 Å². The highest BCUT2D eigenvalue weighted by Gasteiger charge is 2.04. The molecule has 22 heavy (non-hydrogen) atoms. The predicted octanol–water partition coefficient (Wildman–Crippen LogP) is 4.40. The summed E-state index contributed by atoms with van der Waals surface area (Å²) in [5.41, 5.74) is 2.80. The standard InChI is InChI=1S/C18H14F2N2/c19-17-5-1-14(2-6-17)11-16(12-22-10-9-21-13-22)15-3-7-18(20)8-4-15/h1-11,13H,12H2. The number of halogens is 2. The molecule has 0 aliphatic heterocycles. The Balaban J connectivity index is 1.98. The third-order valence-corrected chi connectivity index (χ3v) is 3.34. The maximum absolute atomic E-state index is 13.1. The van der Waals surface area contributed by atoms with Gasteiger partial charge in [-0.3, -0.25) is 0 Å². The summed E-state index contributed by atoms with van der Waals surface area (Å²) in [6.07, 6.45) is 7.26. The second-order valence-corrected chi connectivity index (χ2v) is 4.96. The number of nitrogens with zero attached hydrogens (tertiary/aromatic N) is 2. The molecule has 0 spiro atoms. The van der Waals surface area contributed by atoms with Gasteiger partial charge in [-0.2, -0.15) is 0 Å². The van der Waals surface area contributed by atoms with Gasteiger partial charge in [0.25, 0.3) is 0 Å². The highest BCUT2D eigenvalue weighted by Crippen LogP contribution is 2.21. The zero-order valence-corrected chi connectivity index (χ0v) is 11.8. The van der Waals surface area contributed by atoms with Gasteiger partial charge < -0.3 is 4.57 Å². The average molecular weight is 296 g/mol. The van der Waals surface area contributed by atoms with Crippen LogP contribution in [0.2, 0.25) is 0 Å². The van der Waals surface area contributed by atoms with Gasteiger partial charge in [0.15, 0.2) is 0 Å². The number of allylic oxidation sites excluding steroid dienone is 1. The van der Waals surface area contributed by atoms with Crippen LogP contribution in [0, 0.1) is 11.6 Å². The van der Waals surface area contributed by atoms with Crippen LogP contribution in [0.25, 0.3) is 11.6 Å².